The molecular formula is C23H24F2N4O3S. The zero-order chi connectivity index (χ0) is 23.2. The van der Waals surface area contributed by atoms with Crippen molar-refractivity contribution in [2.24, 2.45) is 0 Å². The van der Waals surface area contributed by atoms with Gasteiger partial charge in [-0.15, -0.1) is 0 Å². The van der Waals surface area contributed by atoms with Crippen molar-refractivity contribution in [2.75, 3.05) is 11.4 Å². The van der Waals surface area contributed by atoms with Crippen LogP contribution in [0, 0.1) is 11.6 Å². The van der Waals surface area contributed by atoms with E-state index in [1.807, 2.05) is 4.90 Å². The summed E-state index contributed by atoms with van der Waals surface area (Å²) in [5.74, 6) is -1.67. The number of hydrogen-bond donors (Lipinski definition) is 1. The molecule has 2 aromatic heterocycles. The molecule has 3 heterocycles. The maximum absolute atomic E-state index is 14.5. The van der Waals surface area contributed by atoms with Gasteiger partial charge < -0.3 is 4.90 Å². The van der Waals surface area contributed by atoms with Gasteiger partial charge in [0.15, 0.2) is 0 Å². The van der Waals surface area contributed by atoms with Gasteiger partial charge in [0, 0.05) is 24.0 Å². The molecule has 1 aliphatic carbocycles. The first-order chi connectivity index (χ1) is 15.8. The molecule has 174 valence electrons. The van der Waals surface area contributed by atoms with E-state index in [2.05, 4.69) is 9.82 Å². The molecule has 2 fully saturated rings. The van der Waals surface area contributed by atoms with Gasteiger partial charge >= 0.3 is 0 Å². The van der Waals surface area contributed by atoms with Crippen LogP contribution in [0.5, 0.6) is 0 Å². The summed E-state index contributed by atoms with van der Waals surface area (Å²) >= 11 is 0. The average Bonchev–Trinajstić information content (AvgIpc) is 3.54. The van der Waals surface area contributed by atoms with Crippen LogP contribution < -0.4 is 9.62 Å². The minimum atomic E-state index is -3.76. The SMILES string of the molecule is O=C(NS(=O)(=O)C1CCCC1)c1cnn2ccc(N3CCCC3c3cc(F)ccc3F)cc12. The molecule has 1 unspecified atom stereocenters. The van der Waals surface area contributed by atoms with Crippen molar-refractivity contribution in [3.05, 3.63) is 65.5 Å². The van der Waals surface area contributed by atoms with Gasteiger partial charge in [0.05, 0.1) is 28.6 Å². The Morgan fingerprint density at radius 1 is 1.06 bits per heavy atom. The molecule has 1 saturated heterocycles. The second-order valence-corrected chi connectivity index (χ2v) is 10.6. The minimum Gasteiger partial charge on any atom is -0.364 e. The van der Waals surface area contributed by atoms with Crippen LogP contribution in [-0.2, 0) is 10.0 Å². The quantitative estimate of drug-likeness (QED) is 0.605. The third-order valence-electron chi connectivity index (χ3n) is 6.63. The molecule has 5 rings (SSSR count). The molecule has 1 aliphatic heterocycles. The number of benzene rings is 1. The summed E-state index contributed by atoms with van der Waals surface area (Å²) in [4.78, 5) is 14.8. The summed E-state index contributed by atoms with van der Waals surface area (Å²) in [6.45, 7) is 0.641. The number of nitrogens with zero attached hydrogens (tertiary/aromatic N) is 3. The van der Waals surface area contributed by atoms with E-state index < -0.39 is 32.8 Å². The number of rotatable bonds is 5. The smallest absolute Gasteiger partial charge is 0.268 e. The van der Waals surface area contributed by atoms with Crippen LogP contribution in [0.3, 0.4) is 0 Å². The fourth-order valence-corrected chi connectivity index (χ4v) is 6.45. The molecule has 0 radical (unpaired) electrons. The molecule has 1 saturated carbocycles. The molecule has 0 bridgehead atoms. The lowest BCUT2D eigenvalue weighted by Gasteiger charge is -2.27. The second kappa shape index (κ2) is 8.40. The highest BCUT2D eigenvalue weighted by molar-refractivity contribution is 7.90. The van der Waals surface area contributed by atoms with E-state index >= 15 is 0 Å². The maximum Gasteiger partial charge on any atom is 0.268 e. The van der Waals surface area contributed by atoms with E-state index in [4.69, 9.17) is 0 Å². The van der Waals surface area contributed by atoms with Gasteiger partial charge in [0.25, 0.3) is 5.91 Å². The third kappa shape index (κ3) is 4.07. The molecule has 33 heavy (non-hydrogen) atoms. The van der Waals surface area contributed by atoms with Crippen LogP contribution in [0.2, 0.25) is 0 Å². The van der Waals surface area contributed by atoms with Gasteiger partial charge in [-0.25, -0.2) is 26.4 Å². The van der Waals surface area contributed by atoms with Crippen LogP contribution in [0.15, 0.2) is 42.7 Å². The zero-order valence-corrected chi connectivity index (χ0v) is 18.7. The molecule has 0 spiro atoms. The number of anilines is 1. The second-order valence-electron chi connectivity index (χ2n) is 8.67. The number of sulfonamides is 1. The predicted molar refractivity (Wildman–Crippen MR) is 120 cm³/mol. The fourth-order valence-electron chi connectivity index (χ4n) is 4.96. The Kier molecular flexibility index (Phi) is 5.55. The Morgan fingerprint density at radius 2 is 1.85 bits per heavy atom. The maximum atomic E-state index is 14.5. The summed E-state index contributed by atoms with van der Waals surface area (Å²) in [7, 11) is -3.76. The monoisotopic (exact) mass is 474 g/mol. The number of carbonyl (C=O) groups excluding carboxylic acids is 1. The van der Waals surface area contributed by atoms with Crippen molar-refractivity contribution >= 4 is 27.1 Å². The fraction of sp³-hybridized carbons (Fsp3) is 0.391. The number of fused-ring (bicyclic) bond motifs is 1. The van der Waals surface area contributed by atoms with Crippen molar-refractivity contribution < 1.29 is 22.0 Å². The summed E-state index contributed by atoms with van der Waals surface area (Å²) in [6.07, 6.45) is 7.25. The Bertz CT molecular complexity index is 1320. The lowest BCUT2D eigenvalue weighted by molar-refractivity contribution is 0.0982. The molecule has 3 aromatic rings. The largest absolute Gasteiger partial charge is 0.364 e. The van der Waals surface area contributed by atoms with Crippen LogP contribution in [0.1, 0.15) is 60.5 Å². The van der Waals surface area contributed by atoms with E-state index in [9.17, 15) is 22.0 Å². The average molecular weight is 475 g/mol. The van der Waals surface area contributed by atoms with Gasteiger partial charge in [0.2, 0.25) is 10.0 Å². The van der Waals surface area contributed by atoms with E-state index in [0.29, 0.717) is 36.9 Å². The number of hydrogen-bond acceptors (Lipinski definition) is 5. The molecular weight excluding hydrogens is 450 g/mol. The predicted octanol–water partition coefficient (Wildman–Crippen LogP) is 3.96. The molecule has 10 heteroatoms. The number of nitrogens with one attached hydrogen (secondary N) is 1. The topological polar surface area (TPSA) is 83.8 Å². The van der Waals surface area contributed by atoms with Gasteiger partial charge in [-0.1, -0.05) is 12.8 Å². The Morgan fingerprint density at radius 3 is 2.64 bits per heavy atom. The highest BCUT2D eigenvalue weighted by Crippen LogP contribution is 2.38. The lowest BCUT2D eigenvalue weighted by atomic mass is 10.0. The molecule has 1 aromatic carbocycles. The highest BCUT2D eigenvalue weighted by Gasteiger charge is 2.32. The molecule has 1 amide bonds. The first-order valence-electron chi connectivity index (χ1n) is 11.1. The first-order valence-corrected chi connectivity index (χ1v) is 12.6. The number of carbonyl (C=O) groups is 1. The van der Waals surface area contributed by atoms with E-state index in [1.54, 1.807) is 18.3 Å². The van der Waals surface area contributed by atoms with Crippen molar-refractivity contribution in [3.8, 4) is 0 Å². The molecule has 2 aliphatic rings. The van der Waals surface area contributed by atoms with Gasteiger partial charge in [-0.3, -0.25) is 4.79 Å². The molecule has 7 nitrogen and oxygen atoms in total. The van der Waals surface area contributed by atoms with E-state index in [-0.39, 0.29) is 11.6 Å². The normalized spacial score (nSPS) is 19.5. The number of halogens is 2. The van der Waals surface area contributed by atoms with Gasteiger partial charge in [-0.05, 0) is 56.0 Å². The van der Waals surface area contributed by atoms with Crippen LogP contribution in [-0.4, -0.2) is 35.7 Å². The van der Waals surface area contributed by atoms with E-state index in [0.717, 1.165) is 37.1 Å². The lowest BCUT2D eigenvalue weighted by Crippen LogP contribution is -2.37. The summed E-state index contributed by atoms with van der Waals surface area (Å²) in [6, 6.07) is 6.65. The van der Waals surface area contributed by atoms with Crippen molar-refractivity contribution in [1.29, 1.82) is 0 Å². The molecule has 1 atom stereocenters. The van der Waals surface area contributed by atoms with Crippen molar-refractivity contribution in [2.45, 2.75) is 49.8 Å². The van der Waals surface area contributed by atoms with Crippen LogP contribution >= 0.6 is 0 Å². The third-order valence-corrected chi connectivity index (χ3v) is 8.45. The Labute approximate surface area is 190 Å². The summed E-state index contributed by atoms with van der Waals surface area (Å²) < 4.78 is 57.1. The molecule has 1 N–H and O–H groups in total. The van der Waals surface area contributed by atoms with Crippen molar-refractivity contribution in [3.63, 3.8) is 0 Å². The number of amides is 1. The summed E-state index contributed by atoms with van der Waals surface area (Å²) in [5.41, 5.74) is 1.60. The summed E-state index contributed by atoms with van der Waals surface area (Å²) in [5, 5.41) is 3.62. The van der Waals surface area contributed by atoms with Crippen molar-refractivity contribution in [1.82, 2.24) is 14.3 Å². The van der Waals surface area contributed by atoms with Gasteiger partial charge in [0.1, 0.15) is 11.6 Å². The number of pyridine rings is 1. The Balaban J connectivity index is 1.45. The Hall–Kier alpha value is -3.01. The zero-order valence-electron chi connectivity index (χ0n) is 17.9. The van der Waals surface area contributed by atoms with Crippen LogP contribution in [0.4, 0.5) is 14.5 Å². The standard InChI is InChI=1S/C23H24F2N4O3S/c24-15-7-8-20(25)18(12-15)21-6-3-10-28(21)16-9-11-29-22(13-16)19(14-26-29)23(30)27-33(31,32)17-4-1-2-5-17/h7-9,11-14,17,21H,1-6,10H2,(H,27,30). The minimum absolute atomic E-state index is 0.145. The van der Waals surface area contributed by atoms with E-state index in [1.165, 1.54) is 16.8 Å². The van der Waals surface area contributed by atoms with Gasteiger partial charge in [-0.2, -0.15) is 5.10 Å². The first kappa shape index (κ1) is 21.8. The van der Waals surface area contributed by atoms with Crippen LogP contribution in [0.25, 0.3) is 5.52 Å². The number of aromatic nitrogens is 2. The highest BCUT2D eigenvalue weighted by atomic mass is 32.2.